The van der Waals surface area contributed by atoms with Crippen LogP contribution >= 0.6 is 11.6 Å². The van der Waals surface area contributed by atoms with Gasteiger partial charge in [0.2, 0.25) is 0 Å². The highest BCUT2D eigenvalue weighted by molar-refractivity contribution is 6.30. The monoisotopic (exact) mass is 269 g/mol. The quantitative estimate of drug-likeness (QED) is 0.911. The summed E-state index contributed by atoms with van der Waals surface area (Å²) >= 11 is 5.88. The third-order valence-electron chi connectivity index (χ3n) is 3.18. The number of hydrogen-bond acceptors (Lipinski definition) is 3. The highest BCUT2D eigenvalue weighted by atomic mass is 35.5. The van der Waals surface area contributed by atoms with Gasteiger partial charge in [0.05, 0.1) is 0 Å². The van der Waals surface area contributed by atoms with Gasteiger partial charge in [-0.05, 0) is 31.5 Å². The van der Waals surface area contributed by atoms with Crippen molar-refractivity contribution in [3.8, 4) is 5.75 Å². The molecule has 5 heteroatoms. The molecule has 1 N–H and O–H groups in total. The van der Waals surface area contributed by atoms with Crippen LogP contribution in [0.3, 0.4) is 0 Å². The summed E-state index contributed by atoms with van der Waals surface area (Å²) in [6.45, 7) is 3.09. The summed E-state index contributed by atoms with van der Waals surface area (Å²) in [5, 5.41) is 9.59. The molecule has 1 aliphatic rings. The zero-order chi connectivity index (χ0) is 13.1. The number of aliphatic carboxylic acids is 1. The Bertz CT molecular complexity index is 438. The number of ether oxygens (including phenoxy) is 1. The van der Waals surface area contributed by atoms with Crippen LogP contribution in [-0.2, 0) is 4.79 Å². The number of carbonyl (C=O) groups is 1. The molecule has 0 aromatic heterocycles. The number of nitrogens with zero attached hydrogens (tertiary/aromatic N) is 1. The maximum atomic E-state index is 10.9. The van der Waals surface area contributed by atoms with Crippen molar-refractivity contribution >= 4 is 17.6 Å². The lowest BCUT2D eigenvalue weighted by Gasteiger charge is -2.20. The van der Waals surface area contributed by atoms with E-state index < -0.39 is 12.0 Å². The lowest BCUT2D eigenvalue weighted by Crippen LogP contribution is -2.38. The predicted octanol–water partition coefficient (Wildman–Crippen LogP) is 2.27. The SMILES string of the molecule is CC(C(=O)O)N1CCC(Oc2cccc(Cl)c2)C1. The number of halogens is 1. The minimum absolute atomic E-state index is 0.0327. The fraction of sp³-hybridized carbons (Fsp3) is 0.462. The highest BCUT2D eigenvalue weighted by Gasteiger charge is 2.30. The maximum Gasteiger partial charge on any atom is 0.320 e. The van der Waals surface area contributed by atoms with Crippen molar-refractivity contribution in [2.45, 2.75) is 25.5 Å². The van der Waals surface area contributed by atoms with E-state index in [1.807, 2.05) is 17.0 Å². The van der Waals surface area contributed by atoms with Crippen LogP contribution in [0.1, 0.15) is 13.3 Å². The Morgan fingerprint density at radius 1 is 1.61 bits per heavy atom. The number of hydrogen-bond donors (Lipinski definition) is 1. The number of carboxylic acid groups (broad SMARTS) is 1. The normalized spacial score (nSPS) is 21.8. The molecule has 0 aliphatic carbocycles. The molecule has 98 valence electrons. The average molecular weight is 270 g/mol. The molecule has 2 atom stereocenters. The van der Waals surface area contributed by atoms with Gasteiger partial charge in [0.1, 0.15) is 17.9 Å². The molecule has 4 nitrogen and oxygen atoms in total. The van der Waals surface area contributed by atoms with E-state index >= 15 is 0 Å². The van der Waals surface area contributed by atoms with Crippen molar-refractivity contribution < 1.29 is 14.6 Å². The first-order valence-corrected chi connectivity index (χ1v) is 6.33. The van der Waals surface area contributed by atoms with Crippen LogP contribution in [0.4, 0.5) is 0 Å². The molecule has 0 amide bonds. The molecule has 1 aromatic rings. The molecular formula is C13H16ClNO3. The maximum absolute atomic E-state index is 10.9. The Kier molecular flexibility index (Phi) is 4.09. The number of rotatable bonds is 4. The van der Waals surface area contributed by atoms with E-state index in [9.17, 15) is 4.79 Å². The van der Waals surface area contributed by atoms with Gasteiger partial charge in [-0.15, -0.1) is 0 Å². The molecule has 1 aromatic carbocycles. The molecule has 2 rings (SSSR count). The molecule has 1 saturated heterocycles. The minimum atomic E-state index is -0.793. The third kappa shape index (κ3) is 3.15. The summed E-state index contributed by atoms with van der Waals surface area (Å²) in [5.41, 5.74) is 0. The van der Waals surface area contributed by atoms with Gasteiger partial charge in [0, 0.05) is 18.1 Å². The van der Waals surface area contributed by atoms with Crippen LogP contribution in [0.2, 0.25) is 5.02 Å². The first kappa shape index (κ1) is 13.2. The second-order valence-corrected chi connectivity index (χ2v) is 4.93. The minimum Gasteiger partial charge on any atom is -0.489 e. The van der Waals surface area contributed by atoms with Crippen molar-refractivity contribution in [1.82, 2.24) is 4.90 Å². The molecule has 0 spiro atoms. The van der Waals surface area contributed by atoms with E-state index in [-0.39, 0.29) is 6.10 Å². The van der Waals surface area contributed by atoms with Gasteiger partial charge in [-0.3, -0.25) is 9.69 Å². The average Bonchev–Trinajstić information content (AvgIpc) is 2.76. The summed E-state index contributed by atoms with van der Waals surface area (Å²) in [6, 6.07) is 6.80. The molecule has 1 aliphatic heterocycles. The van der Waals surface area contributed by atoms with Crippen LogP contribution in [0.5, 0.6) is 5.75 Å². The predicted molar refractivity (Wildman–Crippen MR) is 69.2 cm³/mol. The van der Waals surface area contributed by atoms with E-state index in [1.54, 1.807) is 19.1 Å². The molecule has 0 radical (unpaired) electrons. The first-order valence-electron chi connectivity index (χ1n) is 5.95. The lowest BCUT2D eigenvalue weighted by molar-refractivity contribution is -0.142. The summed E-state index contributed by atoms with van der Waals surface area (Å²) in [7, 11) is 0. The van der Waals surface area contributed by atoms with Crippen LogP contribution in [0.15, 0.2) is 24.3 Å². The van der Waals surface area contributed by atoms with Gasteiger partial charge < -0.3 is 9.84 Å². The van der Waals surface area contributed by atoms with Gasteiger partial charge in [-0.25, -0.2) is 0 Å². The van der Waals surface area contributed by atoms with E-state index in [0.717, 1.165) is 18.7 Å². The van der Waals surface area contributed by atoms with Crippen molar-refractivity contribution in [2.75, 3.05) is 13.1 Å². The summed E-state index contributed by atoms with van der Waals surface area (Å²) < 4.78 is 5.80. The summed E-state index contributed by atoms with van der Waals surface area (Å²) in [5.74, 6) is -0.0595. The Morgan fingerprint density at radius 3 is 3.06 bits per heavy atom. The van der Waals surface area contributed by atoms with Gasteiger partial charge in [0.15, 0.2) is 0 Å². The van der Waals surface area contributed by atoms with Gasteiger partial charge in [-0.2, -0.15) is 0 Å². The number of benzene rings is 1. The van der Waals surface area contributed by atoms with Crippen molar-refractivity contribution in [1.29, 1.82) is 0 Å². The van der Waals surface area contributed by atoms with Crippen LogP contribution < -0.4 is 4.74 Å². The third-order valence-corrected chi connectivity index (χ3v) is 3.42. The van der Waals surface area contributed by atoms with Crippen molar-refractivity contribution in [3.63, 3.8) is 0 Å². The standard InChI is InChI=1S/C13H16ClNO3/c1-9(13(16)17)15-6-5-12(8-15)18-11-4-2-3-10(14)7-11/h2-4,7,9,12H,5-6,8H2,1H3,(H,16,17). The molecular weight excluding hydrogens is 254 g/mol. The van der Waals surface area contributed by atoms with Crippen molar-refractivity contribution in [3.05, 3.63) is 29.3 Å². The Hall–Kier alpha value is -1.26. The number of likely N-dealkylation sites (tertiary alicyclic amines) is 1. The first-order chi connectivity index (χ1) is 8.56. The van der Waals surface area contributed by atoms with Gasteiger partial charge >= 0.3 is 5.97 Å². The van der Waals surface area contributed by atoms with Crippen LogP contribution in [-0.4, -0.2) is 41.2 Å². The van der Waals surface area contributed by atoms with E-state index in [1.165, 1.54) is 0 Å². The summed E-state index contributed by atoms with van der Waals surface area (Å²) in [6.07, 6.45) is 0.870. The second-order valence-electron chi connectivity index (χ2n) is 4.50. The van der Waals surface area contributed by atoms with E-state index in [2.05, 4.69) is 0 Å². The summed E-state index contributed by atoms with van der Waals surface area (Å²) in [4.78, 5) is 12.8. The van der Waals surface area contributed by atoms with Crippen molar-refractivity contribution in [2.24, 2.45) is 0 Å². The molecule has 18 heavy (non-hydrogen) atoms. The molecule has 0 bridgehead atoms. The largest absolute Gasteiger partial charge is 0.489 e. The topological polar surface area (TPSA) is 49.8 Å². The van der Waals surface area contributed by atoms with Crippen LogP contribution in [0, 0.1) is 0 Å². The Balaban J connectivity index is 1.92. The number of carboxylic acids is 1. The van der Waals surface area contributed by atoms with Gasteiger partial charge in [-0.1, -0.05) is 17.7 Å². The second kappa shape index (κ2) is 5.59. The molecule has 1 heterocycles. The highest BCUT2D eigenvalue weighted by Crippen LogP contribution is 2.22. The Labute approximate surface area is 111 Å². The van der Waals surface area contributed by atoms with E-state index in [4.69, 9.17) is 21.4 Å². The zero-order valence-electron chi connectivity index (χ0n) is 10.2. The fourth-order valence-corrected chi connectivity index (χ4v) is 2.27. The van der Waals surface area contributed by atoms with Crippen LogP contribution in [0.25, 0.3) is 0 Å². The Morgan fingerprint density at radius 2 is 2.39 bits per heavy atom. The smallest absolute Gasteiger partial charge is 0.320 e. The molecule has 0 saturated carbocycles. The molecule has 2 unspecified atom stereocenters. The van der Waals surface area contributed by atoms with E-state index in [0.29, 0.717) is 11.6 Å². The molecule has 1 fully saturated rings. The fourth-order valence-electron chi connectivity index (χ4n) is 2.09. The van der Waals surface area contributed by atoms with Gasteiger partial charge in [0.25, 0.3) is 0 Å². The zero-order valence-corrected chi connectivity index (χ0v) is 10.9. The lowest BCUT2D eigenvalue weighted by atomic mass is 10.3.